The molecule has 0 aliphatic heterocycles. The third kappa shape index (κ3) is 5.53. The van der Waals surface area contributed by atoms with Crippen molar-refractivity contribution in [3.05, 3.63) is 54.1 Å². The highest BCUT2D eigenvalue weighted by Gasteiger charge is 2.10. The minimum atomic E-state index is -0.328. The van der Waals surface area contributed by atoms with E-state index in [0.29, 0.717) is 17.7 Å². The molecule has 0 fully saturated rings. The van der Waals surface area contributed by atoms with Gasteiger partial charge in [-0.05, 0) is 43.3 Å². The van der Waals surface area contributed by atoms with E-state index in [9.17, 15) is 9.59 Å². The van der Waals surface area contributed by atoms with Crippen LogP contribution < -0.4 is 16.0 Å². The fourth-order valence-electron chi connectivity index (χ4n) is 2.20. The lowest BCUT2D eigenvalue weighted by Crippen LogP contribution is -2.16. The van der Waals surface area contributed by atoms with Crippen LogP contribution in [-0.4, -0.2) is 31.2 Å². The van der Waals surface area contributed by atoms with Gasteiger partial charge in [0, 0.05) is 41.9 Å². The maximum atomic E-state index is 12.5. The number of hydrogen-bond donors (Lipinski definition) is 2. The number of primary amides is 1. The van der Waals surface area contributed by atoms with E-state index < -0.39 is 0 Å². The fourth-order valence-corrected chi connectivity index (χ4v) is 3.17. The van der Waals surface area contributed by atoms with E-state index in [0.717, 1.165) is 22.8 Å². The molecule has 0 heterocycles. The second-order valence-corrected chi connectivity index (χ2v) is 6.71. The number of nitrogens with two attached hydrogens (primary N) is 1. The predicted octanol–water partition coefficient (Wildman–Crippen LogP) is 3.36. The van der Waals surface area contributed by atoms with Crippen LogP contribution in [0.15, 0.2) is 53.4 Å². The zero-order valence-corrected chi connectivity index (χ0v) is 15.3. The molecule has 0 radical (unpaired) electrons. The number of nitrogens with one attached hydrogen (secondary N) is 1. The van der Waals surface area contributed by atoms with Crippen molar-refractivity contribution in [1.82, 2.24) is 0 Å². The molecule has 5 nitrogen and oxygen atoms in total. The van der Waals surface area contributed by atoms with Crippen LogP contribution in [0.25, 0.3) is 0 Å². The first-order chi connectivity index (χ1) is 12.0. The van der Waals surface area contributed by atoms with Gasteiger partial charge in [-0.1, -0.05) is 12.1 Å². The Morgan fingerprint density at radius 1 is 1.12 bits per heavy atom. The molecule has 2 aromatic carbocycles. The molecule has 0 spiro atoms. The van der Waals surface area contributed by atoms with E-state index in [1.54, 1.807) is 0 Å². The summed E-state index contributed by atoms with van der Waals surface area (Å²) >= 11 is 1.50. The normalized spacial score (nSPS) is 10.3. The van der Waals surface area contributed by atoms with Crippen LogP contribution in [0.3, 0.4) is 0 Å². The molecule has 2 amide bonds. The second kappa shape index (κ2) is 9.13. The van der Waals surface area contributed by atoms with Crippen molar-refractivity contribution >= 4 is 35.0 Å². The lowest BCUT2D eigenvalue weighted by molar-refractivity contribution is -0.117. The lowest BCUT2D eigenvalue weighted by atomic mass is 10.2. The Kier molecular flexibility index (Phi) is 6.89. The molecule has 0 unspecified atom stereocenters. The SMILES string of the molecule is CCN(C)c1ccc(C(=O)Nc2ccccc2SCCC(N)=O)cc1. The average molecular weight is 357 g/mol. The summed E-state index contributed by atoms with van der Waals surface area (Å²) in [6, 6.07) is 15.0. The second-order valence-electron chi connectivity index (χ2n) is 5.58. The number of amides is 2. The van der Waals surface area contributed by atoms with Crippen molar-refractivity contribution in [3.63, 3.8) is 0 Å². The first-order valence-corrected chi connectivity index (χ1v) is 9.12. The van der Waals surface area contributed by atoms with E-state index in [2.05, 4.69) is 17.1 Å². The zero-order valence-electron chi connectivity index (χ0n) is 14.5. The van der Waals surface area contributed by atoms with Gasteiger partial charge in [0.1, 0.15) is 0 Å². The van der Waals surface area contributed by atoms with Gasteiger partial charge < -0.3 is 16.0 Å². The first-order valence-electron chi connectivity index (χ1n) is 8.14. The molecule has 0 aliphatic rings. The summed E-state index contributed by atoms with van der Waals surface area (Å²) < 4.78 is 0. The molecular formula is C19H23N3O2S. The molecule has 2 aromatic rings. The lowest BCUT2D eigenvalue weighted by Gasteiger charge is -2.17. The van der Waals surface area contributed by atoms with Gasteiger partial charge in [0.15, 0.2) is 0 Å². The highest BCUT2D eigenvalue weighted by Crippen LogP contribution is 2.28. The summed E-state index contributed by atoms with van der Waals surface area (Å²) in [5.74, 6) is 0.0973. The molecule has 2 rings (SSSR count). The summed E-state index contributed by atoms with van der Waals surface area (Å²) in [4.78, 5) is 26.4. The van der Waals surface area contributed by atoms with Crippen molar-refractivity contribution in [2.75, 3.05) is 29.6 Å². The Morgan fingerprint density at radius 3 is 2.44 bits per heavy atom. The monoisotopic (exact) mass is 357 g/mol. The predicted molar refractivity (Wildman–Crippen MR) is 104 cm³/mol. The zero-order chi connectivity index (χ0) is 18.2. The minimum Gasteiger partial charge on any atom is -0.375 e. The summed E-state index contributed by atoms with van der Waals surface area (Å²) in [6.07, 6.45) is 0.305. The Labute approximate surface area is 152 Å². The summed E-state index contributed by atoms with van der Waals surface area (Å²) in [7, 11) is 2.01. The standard InChI is InChI=1S/C19H23N3O2S/c1-3-22(2)15-10-8-14(9-11-15)19(24)21-16-6-4-5-7-17(16)25-13-12-18(20)23/h4-11H,3,12-13H2,1-2H3,(H2,20,23)(H,21,24). The van der Waals surface area contributed by atoms with Crippen molar-refractivity contribution < 1.29 is 9.59 Å². The fraction of sp³-hybridized carbons (Fsp3) is 0.263. The molecular weight excluding hydrogens is 334 g/mol. The van der Waals surface area contributed by atoms with Crippen LogP contribution in [0.4, 0.5) is 11.4 Å². The van der Waals surface area contributed by atoms with Crippen LogP contribution in [-0.2, 0) is 4.79 Å². The Morgan fingerprint density at radius 2 is 1.80 bits per heavy atom. The highest BCUT2D eigenvalue weighted by atomic mass is 32.2. The van der Waals surface area contributed by atoms with E-state index in [1.165, 1.54) is 11.8 Å². The summed E-state index contributed by atoms with van der Waals surface area (Å²) in [5, 5.41) is 2.94. The quantitative estimate of drug-likeness (QED) is 0.710. The highest BCUT2D eigenvalue weighted by molar-refractivity contribution is 7.99. The first kappa shape index (κ1) is 18.9. The average Bonchev–Trinajstić information content (AvgIpc) is 2.62. The summed E-state index contributed by atoms with van der Waals surface area (Å²) in [6.45, 7) is 2.98. The minimum absolute atomic E-state index is 0.159. The maximum absolute atomic E-state index is 12.5. The van der Waals surface area contributed by atoms with Gasteiger partial charge in [-0.15, -0.1) is 11.8 Å². The number of carbonyl (C=O) groups excluding carboxylic acids is 2. The molecule has 0 atom stereocenters. The number of hydrogen-bond acceptors (Lipinski definition) is 4. The van der Waals surface area contributed by atoms with E-state index >= 15 is 0 Å². The van der Waals surface area contributed by atoms with Gasteiger partial charge in [-0.25, -0.2) is 0 Å². The maximum Gasteiger partial charge on any atom is 0.255 e. The number of carbonyl (C=O) groups is 2. The van der Waals surface area contributed by atoms with Crippen molar-refractivity contribution in [2.45, 2.75) is 18.2 Å². The largest absolute Gasteiger partial charge is 0.375 e. The molecule has 0 saturated carbocycles. The molecule has 25 heavy (non-hydrogen) atoms. The van der Waals surface area contributed by atoms with Crippen LogP contribution in [0, 0.1) is 0 Å². The van der Waals surface area contributed by atoms with Crippen molar-refractivity contribution in [3.8, 4) is 0 Å². The van der Waals surface area contributed by atoms with Gasteiger partial charge >= 0.3 is 0 Å². The number of benzene rings is 2. The van der Waals surface area contributed by atoms with Crippen molar-refractivity contribution in [2.24, 2.45) is 5.73 Å². The van der Waals surface area contributed by atoms with Gasteiger partial charge in [0.05, 0.1) is 5.69 Å². The van der Waals surface area contributed by atoms with Gasteiger partial charge in [0.2, 0.25) is 5.91 Å². The summed E-state index contributed by atoms with van der Waals surface area (Å²) in [5.41, 5.74) is 7.58. The van der Waals surface area contributed by atoms with Crippen LogP contribution in [0.1, 0.15) is 23.7 Å². The van der Waals surface area contributed by atoms with Crippen LogP contribution >= 0.6 is 11.8 Å². The Balaban J connectivity index is 2.06. The number of nitrogens with zero attached hydrogens (tertiary/aromatic N) is 1. The smallest absolute Gasteiger partial charge is 0.255 e. The van der Waals surface area contributed by atoms with Crippen LogP contribution in [0.5, 0.6) is 0 Å². The third-order valence-electron chi connectivity index (χ3n) is 3.79. The molecule has 0 aromatic heterocycles. The molecule has 132 valence electrons. The number of thioether (sulfide) groups is 1. The topological polar surface area (TPSA) is 75.4 Å². The van der Waals surface area contributed by atoms with Gasteiger partial charge in [0.25, 0.3) is 5.91 Å². The van der Waals surface area contributed by atoms with E-state index in [1.807, 2.05) is 55.6 Å². The Hall–Kier alpha value is -2.47. The molecule has 0 aliphatic carbocycles. The van der Waals surface area contributed by atoms with E-state index in [-0.39, 0.29) is 11.8 Å². The van der Waals surface area contributed by atoms with Gasteiger partial charge in [-0.2, -0.15) is 0 Å². The molecule has 3 N–H and O–H groups in total. The molecule has 0 bridgehead atoms. The van der Waals surface area contributed by atoms with Crippen LogP contribution in [0.2, 0.25) is 0 Å². The number of para-hydroxylation sites is 1. The van der Waals surface area contributed by atoms with E-state index in [4.69, 9.17) is 5.73 Å². The number of anilines is 2. The van der Waals surface area contributed by atoms with Gasteiger partial charge in [-0.3, -0.25) is 9.59 Å². The molecule has 6 heteroatoms. The number of rotatable bonds is 8. The third-order valence-corrected chi connectivity index (χ3v) is 4.86. The molecule has 0 saturated heterocycles. The Bertz CT molecular complexity index is 732. The van der Waals surface area contributed by atoms with Crippen molar-refractivity contribution in [1.29, 1.82) is 0 Å².